The second kappa shape index (κ2) is 12.8. The van der Waals surface area contributed by atoms with Gasteiger partial charge in [-0.25, -0.2) is 17.8 Å². The molecular formula is C26H31FN6O4S. The molecule has 0 bridgehead atoms. The first kappa shape index (κ1) is 27.4. The molecule has 202 valence electrons. The molecular weight excluding hydrogens is 511 g/mol. The molecule has 0 radical (unpaired) electrons. The van der Waals surface area contributed by atoms with Crippen molar-refractivity contribution in [3.63, 3.8) is 0 Å². The molecule has 1 aliphatic heterocycles. The third-order valence-corrected chi connectivity index (χ3v) is 6.88. The number of benzene rings is 2. The van der Waals surface area contributed by atoms with Gasteiger partial charge in [0, 0.05) is 38.1 Å². The van der Waals surface area contributed by atoms with E-state index >= 15 is 0 Å². The third kappa shape index (κ3) is 8.20. The molecule has 12 heteroatoms. The molecule has 4 rings (SSSR count). The highest BCUT2D eigenvalue weighted by molar-refractivity contribution is 7.90. The smallest absolute Gasteiger partial charge is 0.253 e. The van der Waals surface area contributed by atoms with Crippen molar-refractivity contribution >= 4 is 38.9 Å². The summed E-state index contributed by atoms with van der Waals surface area (Å²) in [5, 5.41) is 8.55. The second-order valence-corrected chi connectivity index (χ2v) is 11.2. The van der Waals surface area contributed by atoms with Gasteiger partial charge in [-0.15, -0.1) is 0 Å². The Morgan fingerprint density at radius 2 is 1.89 bits per heavy atom. The lowest BCUT2D eigenvalue weighted by molar-refractivity contribution is 0.0384. The number of para-hydroxylation sites is 1. The summed E-state index contributed by atoms with van der Waals surface area (Å²) in [7, 11) is -3.22. The molecule has 3 aromatic rings. The van der Waals surface area contributed by atoms with Crippen LogP contribution in [0.2, 0.25) is 0 Å². The number of morpholine rings is 1. The molecule has 1 aliphatic rings. The first-order valence-electron chi connectivity index (χ1n) is 12.3. The summed E-state index contributed by atoms with van der Waals surface area (Å²) >= 11 is 0. The number of hydrogen-bond acceptors (Lipinski definition) is 9. The van der Waals surface area contributed by atoms with Crippen LogP contribution in [-0.4, -0.2) is 80.6 Å². The number of anilines is 4. The number of rotatable bonds is 11. The normalized spacial score (nSPS) is 14.2. The Hall–Kier alpha value is -3.61. The molecule has 2 heterocycles. The van der Waals surface area contributed by atoms with Gasteiger partial charge >= 0.3 is 0 Å². The summed E-state index contributed by atoms with van der Waals surface area (Å²) in [6.45, 7) is 4.30. The summed E-state index contributed by atoms with van der Waals surface area (Å²) in [6.07, 6.45) is 3.03. The minimum absolute atomic E-state index is 0.0343. The van der Waals surface area contributed by atoms with Crippen molar-refractivity contribution < 1.29 is 22.3 Å². The number of amides is 1. The highest BCUT2D eigenvalue weighted by atomic mass is 32.2. The van der Waals surface area contributed by atoms with Crippen LogP contribution in [0.5, 0.6) is 0 Å². The Balaban J connectivity index is 1.43. The van der Waals surface area contributed by atoms with E-state index in [-0.39, 0.29) is 29.6 Å². The fraction of sp³-hybridized carbons (Fsp3) is 0.346. The van der Waals surface area contributed by atoms with E-state index in [1.54, 1.807) is 24.3 Å². The maximum absolute atomic E-state index is 14.6. The predicted molar refractivity (Wildman–Crippen MR) is 144 cm³/mol. The zero-order valence-corrected chi connectivity index (χ0v) is 21.9. The Kier molecular flexibility index (Phi) is 9.21. The van der Waals surface area contributed by atoms with Gasteiger partial charge in [0.25, 0.3) is 5.91 Å². The number of nitrogens with one attached hydrogen (secondary N) is 3. The van der Waals surface area contributed by atoms with E-state index in [1.807, 2.05) is 18.2 Å². The molecule has 1 amide bonds. The molecule has 38 heavy (non-hydrogen) atoms. The number of carbonyl (C=O) groups excluding carboxylic acids is 1. The van der Waals surface area contributed by atoms with Gasteiger partial charge in [0.15, 0.2) is 11.6 Å². The van der Waals surface area contributed by atoms with Crippen LogP contribution in [0.1, 0.15) is 15.9 Å². The summed E-state index contributed by atoms with van der Waals surface area (Å²) in [4.78, 5) is 23.3. The van der Waals surface area contributed by atoms with Crippen molar-refractivity contribution in [2.24, 2.45) is 0 Å². The number of carbonyl (C=O) groups is 1. The van der Waals surface area contributed by atoms with E-state index in [0.29, 0.717) is 5.69 Å². The molecule has 0 atom stereocenters. The van der Waals surface area contributed by atoms with Gasteiger partial charge in [0.2, 0.25) is 5.95 Å². The second-order valence-electron chi connectivity index (χ2n) is 8.98. The van der Waals surface area contributed by atoms with Crippen LogP contribution in [0.15, 0.2) is 54.7 Å². The van der Waals surface area contributed by atoms with Crippen molar-refractivity contribution in [3.05, 3.63) is 71.7 Å². The van der Waals surface area contributed by atoms with Gasteiger partial charge in [0.05, 0.1) is 36.4 Å². The van der Waals surface area contributed by atoms with Gasteiger partial charge in [0.1, 0.15) is 9.84 Å². The largest absolute Gasteiger partial charge is 0.379 e. The minimum atomic E-state index is -3.22. The van der Waals surface area contributed by atoms with Gasteiger partial charge in [-0.05, 0) is 36.2 Å². The Labute approximate surface area is 221 Å². The Morgan fingerprint density at radius 3 is 2.68 bits per heavy atom. The van der Waals surface area contributed by atoms with Gasteiger partial charge in [-0.3, -0.25) is 9.69 Å². The quantitative estimate of drug-likeness (QED) is 0.335. The van der Waals surface area contributed by atoms with E-state index in [4.69, 9.17) is 4.74 Å². The minimum Gasteiger partial charge on any atom is -0.379 e. The average molecular weight is 543 g/mol. The fourth-order valence-electron chi connectivity index (χ4n) is 3.92. The van der Waals surface area contributed by atoms with E-state index in [0.717, 1.165) is 63.0 Å². The lowest BCUT2D eigenvalue weighted by Crippen LogP contribution is -2.37. The number of ether oxygens (including phenoxy) is 1. The van der Waals surface area contributed by atoms with Crippen molar-refractivity contribution in [3.8, 4) is 0 Å². The van der Waals surface area contributed by atoms with Gasteiger partial charge in [-0.2, -0.15) is 4.98 Å². The van der Waals surface area contributed by atoms with Crippen LogP contribution in [-0.2, 0) is 21.0 Å². The Morgan fingerprint density at radius 1 is 1.11 bits per heavy atom. The summed E-state index contributed by atoms with van der Waals surface area (Å²) in [5.74, 6) is -1.28. The van der Waals surface area contributed by atoms with Crippen molar-refractivity contribution in [1.82, 2.24) is 20.2 Å². The highest BCUT2D eigenvalue weighted by Gasteiger charge is 2.15. The number of aromatic nitrogens is 2. The molecule has 1 fully saturated rings. The first-order valence-corrected chi connectivity index (χ1v) is 14.3. The van der Waals surface area contributed by atoms with Crippen molar-refractivity contribution in [1.29, 1.82) is 0 Å². The first-order chi connectivity index (χ1) is 18.3. The third-order valence-electron chi connectivity index (χ3n) is 5.93. The molecule has 1 saturated heterocycles. The van der Waals surface area contributed by atoms with Gasteiger partial charge in [-0.1, -0.05) is 24.3 Å². The van der Waals surface area contributed by atoms with E-state index < -0.39 is 21.6 Å². The van der Waals surface area contributed by atoms with Crippen LogP contribution in [0.25, 0.3) is 0 Å². The van der Waals surface area contributed by atoms with E-state index in [2.05, 4.69) is 36.9 Å². The molecule has 0 aliphatic carbocycles. The zero-order chi connectivity index (χ0) is 27.0. The predicted octanol–water partition coefficient (Wildman–Crippen LogP) is 2.75. The lowest BCUT2D eigenvalue weighted by atomic mass is 10.1. The standard InChI is InChI=1S/C26H31FN6O4S/c1-38(35,36)16-10-28-25(34)21-7-2-3-8-23(21)31-24-22(27)18-29-26(32-24)30-20-6-4-5-19(17-20)9-11-33-12-14-37-15-13-33/h2-8,17-18H,9-16H2,1H3,(H,28,34)(H2,29,30,31,32). The van der Waals surface area contributed by atoms with Gasteiger partial charge < -0.3 is 20.7 Å². The number of sulfone groups is 1. The molecule has 3 N–H and O–H groups in total. The zero-order valence-electron chi connectivity index (χ0n) is 21.1. The van der Waals surface area contributed by atoms with Crippen molar-refractivity contribution in [2.45, 2.75) is 6.42 Å². The Bertz CT molecular complexity index is 1370. The summed E-state index contributed by atoms with van der Waals surface area (Å²) < 4.78 is 42.7. The average Bonchev–Trinajstić information content (AvgIpc) is 2.90. The molecule has 0 saturated carbocycles. The van der Waals surface area contributed by atoms with Crippen LogP contribution in [0.4, 0.5) is 27.5 Å². The van der Waals surface area contributed by atoms with Crippen molar-refractivity contribution in [2.75, 3.05) is 62.0 Å². The topological polar surface area (TPSA) is 126 Å². The number of halogens is 1. The SMILES string of the molecule is CS(=O)(=O)CCNC(=O)c1ccccc1Nc1nc(Nc2cccc(CCN3CCOCC3)c2)ncc1F. The maximum atomic E-state index is 14.6. The molecule has 2 aromatic carbocycles. The molecule has 10 nitrogen and oxygen atoms in total. The van der Waals surface area contributed by atoms with Crippen LogP contribution < -0.4 is 16.0 Å². The molecule has 0 unspecified atom stereocenters. The number of hydrogen-bond donors (Lipinski definition) is 3. The summed E-state index contributed by atoms with van der Waals surface area (Å²) in [6, 6.07) is 14.4. The summed E-state index contributed by atoms with van der Waals surface area (Å²) in [5.41, 5.74) is 2.46. The number of nitrogens with zero attached hydrogens (tertiary/aromatic N) is 3. The van der Waals surface area contributed by atoms with E-state index in [9.17, 15) is 17.6 Å². The van der Waals surface area contributed by atoms with Crippen LogP contribution >= 0.6 is 0 Å². The maximum Gasteiger partial charge on any atom is 0.253 e. The fourth-order valence-corrected chi connectivity index (χ4v) is 4.40. The monoisotopic (exact) mass is 542 g/mol. The van der Waals surface area contributed by atoms with Crippen LogP contribution in [0, 0.1) is 5.82 Å². The molecule has 1 aromatic heterocycles. The molecule has 0 spiro atoms. The lowest BCUT2D eigenvalue weighted by Gasteiger charge is -2.26. The van der Waals surface area contributed by atoms with Crippen LogP contribution in [0.3, 0.4) is 0 Å². The highest BCUT2D eigenvalue weighted by Crippen LogP contribution is 2.23. The van der Waals surface area contributed by atoms with E-state index in [1.165, 1.54) is 0 Å².